The largest absolute Gasteiger partial charge is 0.337 e. The van der Waals surface area contributed by atoms with Gasteiger partial charge in [0, 0.05) is 55.3 Å². The molecule has 1 saturated heterocycles. The molecule has 3 heterocycles. The normalized spacial score (nSPS) is 15.9. The first-order valence-corrected chi connectivity index (χ1v) is 11.4. The average Bonchev–Trinajstić information content (AvgIpc) is 3.36. The van der Waals surface area contributed by atoms with Gasteiger partial charge in [0.1, 0.15) is 5.82 Å². The first-order valence-electron chi connectivity index (χ1n) is 11.4. The summed E-state index contributed by atoms with van der Waals surface area (Å²) >= 11 is 0. The number of fused-ring (bicyclic) bond motifs is 1. The lowest BCUT2D eigenvalue weighted by Gasteiger charge is -2.24. The fraction of sp³-hybridized carbons (Fsp3) is 0.259. The summed E-state index contributed by atoms with van der Waals surface area (Å²) in [5.41, 5.74) is 2.88. The van der Waals surface area contributed by atoms with Crippen LogP contribution in [0.4, 0.5) is 4.39 Å². The number of amides is 1. The summed E-state index contributed by atoms with van der Waals surface area (Å²) < 4.78 is 14.7. The minimum Gasteiger partial charge on any atom is -0.337 e. The molecule has 1 atom stereocenters. The van der Waals surface area contributed by atoms with E-state index >= 15 is 0 Å². The standard InChI is InChI=1S/C27H26FN5O/c1-32(17-20-5-4-11-29-15-20)22-10-12-33(18-22)27(34)24-13-19(8-9-25(24)28)14-26-23-7-3-2-6-21(23)16-30-31-26/h2-9,11,13,15-16,22H,10,12,14,17-18H2,1H3/t22-/m1/s1. The molecule has 2 aromatic heterocycles. The number of pyridine rings is 1. The van der Waals surface area contributed by atoms with Gasteiger partial charge in [-0.3, -0.25) is 14.7 Å². The van der Waals surface area contributed by atoms with E-state index in [1.165, 1.54) is 6.07 Å². The van der Waals surface area contributed by atoms with Gasteiger partial charge < -0.3 is 4.90 Å². The van der Waals surface area contributed by atoms with Gasteiger partial charge in [-0.25, -0.2) is 4.39 Å². The summed E-state index contributed by atoms with van der Waals surface area (Å²) in [6.45, 7) is 1.95. The topological polar surface area (TPSA) is 62.2 Å². The van der Waals surface area contributed by atoms with Gasteiger partial charge in [-0.05, 0) is 42.8 Å². The lowest BCUT2D eigenvalue weighted by Crippen LogP contribution is -2.36. The van der Waals surface area contributed by atoms with Crippen LogP contribution < -0.4 is 0 Å². The minimum atomic E-state index is -0.495. The van der Waals surface area contributed by atoms with Gasteiger partial charge in [0.25, 0.3) is 5.91 Å². The van der Waals surface area contributed by atoms with Crippen LogP contribution >= 0.6 is 0 Å². The first kappa shape index (κ1) is 22.1. The zero-order chi connectivity index (χ0) is 23.5. The summed E-state index contributed by atoms with van der Waals surface area (Å²) in [6.07, 6.45) is 6.68. The van der Waals surface area contributed by atoms with Crippen molar-refractivity contribution in [3.05, 3.63) is 101 Å². The maximum Gasteiger partial charge on any atom is 0.256 e. The fourth-order valence-corrected chi connectivity index (χ4v) is 4.62. The minimum absolute atomic E-state index is 0.112. The van der Waals surface area contributed by atoms with Gasteiger partial charge in [0.2, 0.25) is 0 Å². The van der Waals surface area contributed by atoms with E-state index in [1.807, 2.05) is 42.6 Å². The second-order valence-corrected chi connectivity index (χ2v) is 8.84. The van der Waals surface area contributed by atoms with Crippen LogP contribution in [0.25, 0.3) is 10.8 Å². The number of likely N-dealkylation sites (N-methyl/N-ethyl adjacent to an activating group) is 1. The molecule has 7 heteroatoms. The SMILES string of the molecule is CN(Cc1cccnc1)[C@@H]1CCN(C(=O)c2cc(Cc3nncc4ccccc34)ccc2F)C1. The van der Waals surface area contributed by atoms with Crippen LogP contribution in [-0.4, -0.2) is 57.1 Å². The third-order valence-corrected chi connectivity index (χ3v) is 6.51. The Balaban J connectivity index is 1.30. The number of likely N-dealkylation sites (tertiary alicyclic amines) is 1. The van der Waals surface area contributed by atoms with Crippen molar-refractivity contribution in [2.75, 3.05) is 20.1 Å². The monoisotopic (exact) mass is 455 g/mol. The van der Waals surface area contributed by atoms with Crippen molar-refractivity contribution < 1.29 is 9.18 Å². The molecule has 34 heavy (non-hydrogen) atoms. The fourth-order valence-electron chi connectivity index (χ4n) is 4.62. The number of carbonyl (C=O) groups excluding carboxylic acids is 1. The number of carbonyl (C=O) groups is 1. The highest BCUT2D eigenvalue weighted by molar-refractivity contribution is 5.95. The Bertz CT molecular complexity index is 1310. The van der Waals surface area contributed by atoms with Crippen LogP contribution in [0.15, 0.2) is 73.2 Å². The molecular weight excluding hydrogens is 429 g/mol. The first-order chi connectivity index (χ1) is 16.6. The van der Waals surface area contributed by atoms with E-state index in [0.717, 1.165) is 40.6 Å². The molecule has 0 aliphatic carbocycles. The number of nitrogens with zero attached hydrogens (tertiary/aromatic N) is 5. The lowest BCUT2D eigenvalue weighted by molar-refractivity contribution is 0.0775. The molecule has 1 aliphatic heterocycles. The van der Waals surface area contributed by atoms with E-state index in [-0.39, 0.29) is 17.5 Å². The summed E-state index contributed by atoms with van der Waals surface area (Å²) in [7, 11) is 2.05. The van der Waals surface area contributed by atoms with E-state index in [4.69, 9.17) is 0 Å². The average molecular weight is 456 g/mol. The third-order valence-electron chi connectivity index (χ3n) is 6.51. The van der Waals surface area contributed by atoms with E-state index in [1.54, 1.807) is 29.4 Å². The molecule has 0 radical (unpaired) electrons. The molecule has 1 fully saturated rings. The van der Waals surface area contributed by atoms with E-state index in [0.29, 0.717) is 19.5 Å². The molecule has 6 nitrogen and oxygen atoms in total. The molecule has 0 N–H and O–H groups in total. The highest BCUT2D eigenvalue weighted by Crippen LogP contribution is 2.23. The predicted molar refractivity (Wildman–Crippen MR) is 129 cm³/mol. The van der Waals surface area contributed by atoms with Crippen molar-refractivity contribution >= 4 is 16.7 Å². The Labute approximate surface area is 198 Å². The smallest absolute Gasteiger partial charge is 0.256 e. The number of halogens is 1. The molecule has 5 rings (SSSR count). The number of aromatic nitrogens is 3. The van der Waals surface area contributed by atoms with Gasteiger partial charge in [-0.2, -0.15) is 10.2 Å². The molecule has 2 aromatic carbocycles. The van der Waals surface area contributed by atoms with Gasteiger partial charge in [-0.15, -0.1) is 0 Å². The van der Waals surface area contributed by atoms with Crippen LogP contribution in [-0.2, 0) is 13.0 Å². The van der Waals surface area contributed by atoms with Crippen LogP contribution in [0.1, 0.15) is 33.6 Å². The second kappa shape index (κ2) is 9.65. The van der Waals surface area contributed by atoms with Gasteiger partial charge in [-0.1, -0.05) is 36.4 Å². The number of hydrogen-bond acceptors (Lipinski definition) is 5. The lowest BCUT2D eigenvalue weighted by atomic mass is 10.0. The van der Waals surface area contributed by atoms with Crippen molar-refractivity contribution in [1.82, 2.24) is 25.0 Å². The zero-order valence-corrected chi connectivity index (χ0v) is 19.1. The van der Waals surface area contributed by atoms with Gasteiger partial charge >= 0.3 is 0 Å². The number of hydrogen-bond donors (Lipinski definition) is 0. The van der Waals surface area contributed by atoms with Gasteiger partial charge in [0.05, 0.1) is 17.5 Å². The molecule has 4 aromatic rings. The third kappa shape index (κ3) is 4.65. The van der Waals surface area contributed by atoms with Crippen molar-refractivity contribution in [2.24, 2.45) is 0 Å². The Morgan fingerprint density at radius 1 is 1.12 bits per heavy atom. The highest BCUT2D eigenvalue weighted by Gasteiger charge is 2.30. The van der Waals surface area contributed by atoms with Crippen LogP contribution in [0, 0.1) is 5.82 Å². The molecule has 172 valence electrons. The Hall–Kier alpha value is -3.71. The Morgan fingerprint density at radius 3 is 2.85 bits per heavy atom. The van der Waals surface area contributed by atoms with Crippen molar-refractivity contribution in [3.63, 3.8) is 0 Å². The molecule has 0 unspecified atom stereocenters. The van der Waals surface area contributed by atoms with Crippen LogP contribution in [0.2, 0.25) is 0 Å². The number of rotatable bonds is 6. The molecule has 1 amide bonds. The molecule has 1 aliphatic rings. The van der Waals surface area contributed by atoms with Crippen LogP contribution in [0.3, 0.4) is 0 Å². The van der Waals surface area contributed by atoms with E-state index < -0.39 is 5.82 Å². The van der Waals surface area contributed by atoms with Crippen LogP contribution in [0.5, 0.6) is 0 Å². The molecule has 0 bridgehead atoms. The maximum absolute atomic E-state index is 14.7. The zero-order valence-electron chi connectivity index (χ0n) is 19.1. The van der Waals surface area contributed by atoms with Crippen molar-refractivity contribution in [2.45, 2.75) is 25.4 Å². The summed E-state index contributed by atoms with van der Waals surface area (Å²) in [6, 6.07) is 16.9. The quantitative estimate of drug-likeness (QED) is 0.438. The Kier molecular flexibility index (Phi) is 6.27. The summed E-state index contributed by atoms with van der Waals surface area (Å²) in [5.74, 6) is -0.759. The van der Waals surface area contributed by atoms with Crippen molar-refractivity contribution in [3.8, 4) is 0 Å². The maximum atomic E-state index is 14.7. The summed E-state index contributed by atoms with van der Waals surface area (Å²) in [5, 5.41) is 10.4. The number of benzene rings is 2. The van der Waals surface area contributed by atoms with Gasteiger partial charge in [0.15, 0.2) is 0 Å². The molecule has 0 saturated carbocycles. The van der Waals surface area contributed by atoms with E-state index in [9.17, 15) is 9.18 Å². The second-order valence-electron chi connectivity index (χ2n) is 8.84. The molecular formula is C27H26FN5O. The molecule has 0 spiro atoms. The highest BCUT2D eigenvalue weighted by atomic mass is 19.1. The summed E-state index contributed by atoms with van der Waals surface area (Å²) in [4.78, 5) is 21.4. The predicted octanol–water partition coefficient (Wildman–Crippen LogP) is 4.10. The van der Waals surface area contributed by atoms with Crippen molar-refractivity contribution in [1.29, 1.82) is 0 Å². The Morgan fingerprint density at radius 2 is 2.00 bits per heavy atom. The van der Waals surface area contributed by atoms with E-state index in [2.05, 4.69) is 27.1 Å².